The highest BCUT2D eigenvalue weighted by Gasteiger charge is 2.38. The molecule has 0 unspecified atom stereocenters. The molecule has 11 aromatic rings. The standard InChI is InChI=1S/C57H39NS/c1-57(2)49-25-13-26-51(55(49)48-34-39-16-3-4-17-40(39)35-50(48)57)58(41-31-28-38(29-32-41)44-22-12-24-47-45-21-9-10-27-53(45)59-56(44)47)52-33-30-37-15-6-8-20-43(37)54(52)46-23-11-18-36-14-5-7-19-42(36)46/h3-35H,1-2H3. The van der Waals surface area contributed by atoms with Crippen molar-refractivity contribution in [2.75, 3.05) is 4.90 Å². The van der Waals surface area contributed by atoms with Crippen LogP contribution in [0.1, 0.15) is 25.0 Å². The largest absolute Gasteiger partial charge is 0.309 e. The van der Waals surface area contributed by atoms with Crippen molar-refractivity contribution >= 4 is 80.9 Å². The van der Waals surface area contributed by atoms with Gasteiger partial charge in [0.05, 0.1) is 11.4 Å². The van der Waals surface area contributed by atoms with E-state index in [1.165, 1.54) is 103 Å². The SMILES string of the molecule is CC1(C)c2cc3ccccc3cc2-c2c(N(c3ccc(-c4cccc5c4sc4ccccc45)cc3)c3ccc4ccccc4c3-c3cccc4ccccc34)cccc21. The maximum Gasteiger partial charge on any atom is 0.0546 e. The number of hydrogen-bond donors (Lipinski definition) is 0. The van der Waals surface area contributed by atoms with Gasteiger partial charge in [-0.15, -0.1) is 11.3 Å². The van der Waals surface area contributed by atoms with Gasteiger partial charge in [0.25, 0.3) is 0 Å². The summed E-state index contributed by atoms with van der Waals surface area (Å²) in [5, 5.41) is 10.1. The van der Waals surface area contributed by atoms with Crippen LogP contribution >= 0.6 is 11.3 Å². The van der Waals surface area contributed by atoms with Gasteiger partial charge in [-0.2, -0.15) is 0 Å². The highest BCUT2D eigenvalue weighted by atomic mass is 32.1. The topological polar surface area (TPSA) is 3.24 Å². The Morgan fingerprint density at radius 1 is 0.390 bits per heavy atom. The molecule has 0 saturated heterocycles. The van der Waals surface area contributed by atoms with Crippen LogP contribution in [0.3, 0.4) is 0 Å². The normalized spacial score (nSPS) is 13.1. The second-order valence-electron chi connectivity index (χ2n) is 16.4. The number of anilines is 3. The summed E-state index contributed by atoms with van der Waals surface area (Å²) in [5.41, 5.74) is 13.6. The van der Waals surface area contributed by atoms with E-state index in [9.17, 15) is 0 Å². The van der Waals surface area contributed by atoms with Gasteiger partial charge >= 0.3 is 0 Å². The molecule has 0 spiro atoms. The molecule has 0 amide bonds. The van der Waals surface area contributed by atoms with Crippen molar-refractivity contribution in [1.29, 1.82) is 0 Å². The van der Waals surface area contributed by atoms with Crippen molar-refractivity contribution < 1.29 is 0 Å². The first kappa shape index (κ1) is 34.1. The van der Waals surface area contributed by atoms with Crippen LogP contribution in [0.25, 0.3) is 85.9 Å². The second-order valence-corrected chi connectivity index (χ2v) is 17.5. The Bertz CT molecular complexity index is 3470. The molecule has 1 aliphatic carbocycles. The van der Waals surface area contributed by atoms with Crippen molar-refractivity contribution in [3.05, 3.63) is 211 Å². The van der Waals surface area contributed by atoms with E-state index in [-0.39, 0.29) is 5.41 Å². The lowest BCUT2D eigenvalue weighted by atomic mass is 9.82. The Morgan fingerprint density at radius 3 is 1.80 bits per heavy atom. The van der Waals surface area contributed by atoms with E-state index in [1.54, 1.807) is 0 Å². The van der Waals surface area contributed by atoms with Crippen molar-refractivity contribution in [3.63, 3.8) is 0 Å². The van der Waals surface area contributed by atoms with Gasteiger partial charge in [-0.05, 0) is 108 Å². The molecule has 59 heavy (non-hydrogen) atoms. The Morgan fingerprint density at radius 2 is 0.983 bits per heavy atom. The molecular weight excluding hydrogens is 731 g/mol. The van der Waals surface area contributed by atoms with Crippen LogP contribution in [0.2, 0.25) is 0 Å². The lowest BCUT2D eigenvalue weighted by molar-refractivity contribution is 0.661. The van der Waals surface area contributed by atoms with Crippen LogP contribution in [0.4, 0.5) is 17.1 Å². The third kappa shape index (κ3) is 5.16. The maximum absolute atomic E-state index is 2.55. The molecule has 12 rings (SSSR count). The Hall–Kier alpha value is -7.00. The summed E-state index contributed by atoms with van der Waals surface area (Å²) in [7, 11) is 0. The first-order chi connectivity index (χ1) is 29.0. The molecule has 1 nitrogen and oxygen atoms in total. The molecule has 10 aromatic carbocycles. The van der Waals surface area contributed by atoms with Gasteiger partial charge in [-0.1, -0.05) is 172 Å². The zero-order valence-electron chi connectivity index (χ0n) is 32.9. The van der Waals surface area contributed by atoms with Crippen LogP contribution in [-0.4, -0.2) is 0 Å². The summed E-state index contributed by atoms with van der Waals surface area (Å²) in [6, 6.07) is 74.5. The van der Waals surface area contributed by atoms with Crippen LogP contribution in [0.15, 0.2) is 200 Å². The predicted molar refractivity (Wildman–Crippen MR) is 255 cm³/mol. The summed E-state index contributed by atoms with van der Waals surface area (Å²) in [6.45, 7) is 4.78. The summed E-state index contributed by atoms with van der Waals surface area (Å²) in [6.07, 6.45) is 0. The van der Waals surface area contributed by atoms with Gasteiger partial charge in [0, 0.05) is 42.4 Å². The number of thiophene rings is 1. The fourth-order valence-electron chi connectivity index (χ4n) is 9.99. The monoisotopic (exact) mass is 769 g/mol. The van der Waals surface area contributed by atoms with Crippen molar-refractivity contribution in [2.24, 2.45) is 0 Å². The number of benzene rings is 10. The van der Waals surface area contributed by atoms with Gasteiger partial charge in [0.15, 0.2) is 0 Å². The van der Waals surface area contributed by atoms with Crippen molar-refractivity contribution in [3.8, 4) is 33.4 Å². The molecule has 278 valence electrons. The summed E-state index contributed by atoms with van der Waals surface area (Å²) in [4.78, 5) is 2.55. The zero-order valence-corrected chi connectivity index (χ0v) is 33.7. The molecule has 0 saturated carbocycles. The van der Waals surface area contributed by atoms with E-state index in [2.05, 4.69) is 219 Å². The van der Waals surface area contributed by atoms with E-state index in [4.69, 9.17) is 0 Å². The van der Waals surface area contributed by atoms with Crippen molar-refractivity contribution in [1.82, 2.24) is 0 Å². The minimum absolute atomic E-state index is 0.176. The highest BCUT2D eigenvalue weighted by molar-refractivity contribution is 7.26. The third-order valence-corrected chi connectivity index (χ3v) is 14.1. The van der Waals surface area contributed by atoms with Gasteiger partial charge in [-0.25, -0.2) is 0 Å². The fraction of sp³-hybridized carbons (Fsp3) is 0.0526. The summed E-state index contributed by atoms with van der Waals surface area (Å²) >= 11 is 1.89. The zero-order chi connectivity index (χ0) is 39.2. The van der Waals surface area contributed by atoms with Gasteiger partial charge in [-0.3, -0.25) is 0 Å². The Kier molecular flexibility index (Phi) is 7.51. The van der Waals surface area contributed by atoms with Gasteiger partial charge in [0.1, 0.15) is 0 Å². The molecule has 0 radical (unpaired) electrons. The molecule has 1 heterocycles. The first-order valence-electron chi connectivity index (χ1n) is 20.5. The van der Waals surface area contributed by atoms with E-state index in [1.807, 2.05) is 11.3 Å². The van der Waals surface area contributed by atoms with E-state index >= 15 is 0 Å². The maximum atomic E-state index is 2.55. The number of nitrogens with zero attached hydrogens (tertiary/aromatic N) is 1. The number of hydrogen-bond acceptors (Lipinski definition) is 2. The average molecular weight is 770 g/mol. The van der Waals surface area contributed by atoms with E-state index < -0.39 is 0 Å². The molecule has 2 heteroatoms. The molecule has 0 bridgehead atoms. The molecular formula is C57H39NS. The molecule has 0 atom stereocenters. The molecule has 0 N–H and O–H groups in total. The molecule has 0 fully saturated rings. The summed E-state index contributed by atoms with van der Waals surface area (Å²) < 4.78 is 2.65. The third-order valence-electron chi connectivity index (χ3n) is 12.8. The highest BCUT2D eigenvalue weighted by Crippen LogP contribution is 2.56. The Labute approximate surface area is 348 Å². The molecule has 1 aliphatic rings. The average Bonchev–Trinajstić information content (AvgIpc) is 3.78. The van der Waals surface area contributed by atoms with Crippen LogP contribution in [-0.2, 0) is 5.41 Å². The van der Waals surface area contributed by atoms with Crippen LogP contribution < -0.4 is 4.90 Å². The van der Waals surface area contributed by atoms with E-state index in [0.717, 1.165) is 11.4 Å². The second kappa shape index (κ2) is 13.0. The molecule has 0 aliphatic heterocycles. The summed E-state index contributed by atoms with van der Waals surface area (Å²) in [5.74, 6) is 0. The minimum Gasteiger partial charge on any atom is -0.309 e. The predicted octanol–water partition coefficient (Wildman–Crippen LogP) is 16.6. The minimum atomic E-state index is -0.176. The number of rotatable bonds is 5. The number of fused-ring (bicyclic) bond motifs is 9. The first-order valence-corrected chi connectivity index (χ1v) is 21.3. The van der Waals surface area contributed by atoms with Crippen molar-refractivity contribution in [2.45, 2.75) is 19.3 Å². The van der Waals surface area contributed by atoms with Crippen LogP contribution in [0, 0.1) is 0 Å². The lowest BCUT2D eigenvalue weighted by Gasteiger charge is -2.31. The van der Waals surface area contributed by atoms with Crippen LogP contribution in [0.5, 0.6) is 0 Å². The lowest BCUT2D eigenvalue weighted by Crippen LogP contribution is -2.16. The fourth-order valence-corrected chi connectivity index (χ4v) is 11.2. The molecule has 1 aromatic heterocycles. The van der Waals surface area contributed by atoms with E-state index in [0.29, 0.717) is 0 Å². The quantitative estimate of drug-likeness (QED) is 0.169. The van der Waals surface area contributed by atoms with Gasteiger partial charge in [0.2, 0.25) is 0 Å². The Balaban J connectivity index is 1.14. The van der Waals surface area contributed by atoms with Gasteiger partial charge < -0.3 is 4.90 Å². The smallest absolute Gasteiger partial charge is 0.0546 e.